The summed E-state index contributed by atoms with van der Waals surface area (Å²) in [6.07, 6.45) is 0.210. The Morgan fingerprint density at radius 2 is 1.93 bits per heavy atom. The summed E-state index contributed by atoms with van der Waals surface area (Å²) in [5.74, 6) is 0.144. The van der Waals surface area contributed by atoms with Gasteiger partial charge >= 0.3 is 0 Å². The van der Waals surface area contributed by atoms with E-state index < -0.39 is 0 Å². The number of benzene rings is 2. The third-order valence-corrected chi connectivity index (χ3v) is 5.36. The van der Waals surface area contributed by atoms with Gasteiger partial charge in [-0.15, -0.1) is 0 Å². The Kier molecular flexibility index (Phi) is 6.88. The molecule has 1 heterocycles. The van der Waals surface area contributed by atoms with Crippen molar-refractivity contribution in [3.8, 4) is 5.75 Å². The zero-order chi connectivity index (χ0) is 20.8. The van der Waals surface area contributed by atoms with Crippen molar-refractivity contribution >= 4 is 23.2 Å². The number of carbonyl (C=O) groups excluding carboxylic acids is 2. The SMILES string of the molecule is CCN(CC)Cc1cccc(NC(=O)C2CC(=O)N(c3cccc(OC)c3)C2)c1. The Hall–Kier alpha value is -2.86. The summed E-state index contributed by atoms with van der Waals surface area (Å²) in [5.41, 5.74) is 2.69. The first-order valence-corrected chi connectivity index (χ1v) is 10.1. The van der Waals surface area contributed by atoms with Crippen molar-refractivity contribution in [1.29, 1.82) is 0 Å². The summed E-state index contributed by atoms with van der Waals surface area (Å²) in [5, 5.41) is 2.99. The number of rotatable bonds is 8. The van der Waals surface area contributed by atoms with Crippen molar-refractivity contribution in [3.05, 3.63) is 54.1 Å². The largest absolute Gasteiger partial charge is 0.497 e. The molecule has 3 rings (SSSR count). The fourth-order valence-electron chi connectivity index (χ4n) is 3.61. The van der Waals surface area contributed by atoms with E-state index in [2.05, 4.69) is 30.1 Å². The number of nitrogens with zero attached hydrogens (tertiary/aromatic N) is 2. The number of anilines is 2. The predicted octanol–water partition coefficient (Wildman–Crippen LogP) is 3.53. The fourth-order valence-corrected chi connectivity index (χ4v) is 3.61. The van der Waals surface area contributed by atoms with E-state index in [9.17, 15) is 9.59 Å². The number of nitrogens with one attached hydrogen (secondary N) is 1. The van der Waals surface area contributed by atoms with E-state index >= 15 is 0 Å². The van der Waals surface area contributed by atoms with E-state index in [0.29, 0.717) is 12.3 Å². The van der Waals surface area contributed by atoms with Gasteiger partial charge in [-0.1, -0.05) is 32.0 Å². The van der Waals surface area contributed by atoms with Crippen molar-refractivity contribution in [3.63, 3.8) is 0 Å². The van der Waals surface area contributed by atoms with Crippen LogP contribution in [-0.2, 0) is 16.1 Å². The van der Waals surface area contributed by atoms with Crippen LogP contribution in [-0.4, -0.2) is 43.5 Å². The molecular formula is C23H29N3O3. The van der Waals surface area contributed by atoms with E-state index in [1.807, 2.05) is 42.5 Å². The lowest BCUT2D eigenvalue weighted by Gasteiger charge is -2.19. The van der Waals surface area contributed by atoms with Gasteiger partial charge in [-0.25, -0.2) is 0 Å². The molecule has 29 heavy (non-hydrogen) atoms. The van der Waals surface area contributed by atoms with Crippen LogP contribution in [0.5, 0.6) is 5.75 Å². The number of hydrogen-bond acceptors (Lipinski definition) is 4. The van der Waals surface area contributed by atoms with E-state index in [1.165, 1.54) is 0 Å². The van der Waals surface area contributed by atoms with E-state index in [4.69, 9.17) is 4.74 Å². The smallest absolute Gasteiger partial charge is 0.229 e. The second-order valence-electron chi connectivity index (χ2n) is 7.26. The second kappa shape index (κ2) is 9.56. The Labute approximate surface area is 172 Å². The average molecular weight is 396 g/mol. The molecule has 2 aromatic rings. The van der Waals surface area contributed by atoms with Crippen LogP contribution in [0.1, 0.15) is 25.8 Å². The zero-order valence-electron chi connectivity index (χ0n) is 17.4. The molecule has 0 saturated carbocycles. The molecule has 1 aliphatic rings. The molecule has 1 fully saturated rings. The van der Waals surface area contributed by atoms with Crippen LogP contribution in [0.3, 0.4) is 0 Å². The van der Waals surface area contributed by atoms with Crippen LogP contribution in [0.2, 0.25) is 0 Å². The molecular weight excluding hydrogens is 366 g/mol. The maximum atomic E-state index is 12.8. The van der Waals surface area contributed by atoms with Crippen LogP contribution in [0.25, 0.3) is 0 Å². The lowest BCUT2D eigenvalue weighted by atomic mass is 10.1. The predicted molar refractivity (Wildman–Crippen MR) is 115 cm³/mol. The molecule has 6 nitrogen and oxygen atoms in total. The highest BCUT2D eigenvalue weighted by atomic mass is 16.5. The van der Waals surface area contributed by atoms with Gasteiger partial charge in [0.15, 0.2) is 0 Å². The Balaban J connectivity index is 1.65. The van der Waals surface area contributed by atoms with Crippen molar-refractivity contribution in [2.45, 2.75) is 26.8 Å². The molecule has 0 radical (unpaired) electrons. The second-order valence-corrected chi connectivity index (χ2v) is 7.26. The summed E-state index contributed by atoms with van der Waals surface area (Å²) in [7, 11) is 1.59. The molecule has 1 N–H and O–H groups in total. The number of ether oxygens (including phenoxy) is 1. The molecule has 0 bridgehead atoms. The van der Waals surface area contributed by atoms with Gasteiger partial charge in [0.1, 0.15) is 5.75 Å². The minimum absolute atomic E-state index is 0.0475. The number of methoxy groups -OCH3 is 1. The van der Waals surface area contributed by atoms with E-state index in [0.717, 1.165) is 36.6 Å². The van der Waals surface area contributed by atoms with Gasteiger partial charge in [-0.05, 0) is 42.9 Å². The van der Waals surface area contributed by atoms with Crippen molar-refractivity contribution in [2.75, 3.05) is 37.0 Å². The van der Waals surface area contributed by atoms with E-state index in [1.54, 1.807) is 12.0 Å². The molecule has 6 heteroatoms. The van der Waals surface area contributed by atoms with Crippen molar-refractivity contribution in [2.24, 2.45) is 5.92 Å². The van der Waals surface area contributed by atoms with Crippen LogP contribution in [0, 0.1) is 5.92 Å². The first-order valence-electron chi connectivity index (χ1n) is 10.1. The number of carbonyl (C=O) groups is 2. The molecule has 0 spiro atoms. The molecule has 1 atom stereocenters. The molecule has 2 amide bonds. The van der Waals surface area contributed by atoms with Gasteiger partial charge in [0.05, 0.1) is 13.0 Å². The summed E-state index contributed by atoms with van der Waals surface area (Å²) >= 11 is 0. The van der Waals surface area contributed by atoms with Crippen LogP contribution in [0.4, 0.5) is 11.4 Å². The zero-order valence-corrected chi connectivity index (χ0v) is 17.4. The monoisotopic (exact) mass is 395 g/mol. The normalized spacial score (nSPS) is 16.3. The summed E-state index contributed by atoms with van der Waals surface area (Å²) < 4.78 is 5.24. The first kappa shape index (κ1) is 20.9. The highest BCUT2D eigenvalue weighted by Crippen LogP contribution is 2.28. The first-order chi connectivity index (χ1) is 14.0. The lowest BCUT2D eigenvalue weighted by molar-refractivity contribution is -0.122. The molecule has 0 aliphatic carbocycles. The summed E-state index contributed by atoms with van der Waals surface area (Å²) in [6.45, 7) is 7.47. The van der Waals surface area contributed by atoms with Crippen LogP contribution >= 0.6 is 0 Å². The van der Waals surface area contributed by atoms with E-state index in [-0.39, 0.29) is 24.2 Å². The van der Waals surface area contributed by atoms with Gasteiger partial charge in [0.25, 0.3) is 0 Å². The Morgan fingerprint density at radius 3 is 2.66 bits per heavy atom. The topological polar surface area (TPSA) is 61.9 Å². The minimum Gasteiger partial charge on any atom is -0.497 e. The number of amides is 2. The Bertz CT molecular complexity index is 864. The Morgan fingerprint density at radius 1 is 1.17 bits per heavy atom. The molecule has 0 aromatic heterocycles. The van der Waals surface area contributed by atoms with Crippen molar-refractivity contribution in [1.82, 2.24) is 4.90 Å². The lowest BCUT2D eigenvalue weighted by Crippen LogP contribution is -2.28. The third kappa shape index (κ3) is 5.15. The van der Waals surface area contributed by atoms with Gasteiger partial charge in [-0.3, -0.25) is 14.5 Å². The highest BCUT2D eigenvalue weighted by molar-refractivity contribution is 6.03. The molecule has 154 valence electrons. The summed E-state index contributed by atoms with van der Waals surface area (Å²) in [4.78, 5) is 29.2. The molecule has 1 unspecified atom stereocenters. The average Bonchev–Trinajstić information content (AvgIpc) is 3.14. The van der Waals surface area contributed by atoms with Crippen LogP contribution in [0.15, 0.2) is 48.5 Å². The minimum atomic E-state index is -0.375. The van der Waals surface area contributed by atoms with Crippen molar-refractivity contribution < 1.29 is 14.3 Å². The molecule has 1 saturated heterocycles. The maximum Gasteiger partial charge on any atom is 0.229 e. The van der Waals surface area contributed by atoms with Gasteiger partial charge < -0.3 is 15.0 Å². The van der Waals surface area contributed by atoms with Crippen LogP contribution < -0.4 is 15.0 Å². The molecule has 2 aromatic carbocycles. The highest BCUT2D eigenvalue weighted by Gasteiger charge is 2.35. The van der Waals surface area contributed by atoms with Gasteiger partial charge in [0.2, 0.25) is 11.8 Å². The fraction of sp³-hybridized carbons (Fsp3) is 0.391. The standard InChI is InChI=1S/C23H29N3O3/c1-4-25(5-2)15-17-8-6-9-19(12-17)24-23(28)18-13-22(27)26(16-18)20-10-7-11-21(14-20)29-3/h6-12,14,18H,4-5,13,15-16H2,1-3H3,(H,24,28). The van der Waals surface area contributed by atoms with Gasteiger partial charge in [-0.2, -0.15) is 0 Å². The quantitative estimate of drug-likeness (QED) is 0.743. The third-order valence-electron chi connectivity index (χ3n) is 5.36. The number of hydrogen-bond donors (Lipinski definition) is 1. The molecule has 1 aliphatic heterocycles. The van der Waals surface area contributed by atoms with Gasteiger partial charge in [0, 0.05) is 37.0 Å². The maximum absolute atomic E-state index is 12.8. The summed E-state index contributed by atoms with van der Waals surface area (Å²) in [6, 6.07) is 15.3.